The van der Waals surface area contributed by atoms with E-state index in [0.717, 1.165) is 77.2 Å². The molecule has 8 aromatic carbocycles. The van der Waals surface area contributed by atoms with Gasteiger partial charge >= 0.3 is 0 Å². The van der Waals surface area contributed by atoms with Crippen LogP contribution in [-0.4, -0.2) is 34.5 Å². The molecule has 290 valence electrons. The van der Waals surface area contributed by atoms with Gasteiger partial charge in [0.25, 0.3) is 0 Å². The van der Waals surface area contributed by atoms with Gasteiger partial charge in [-0.05, 0) is 54.6 Å². The highest BCUT2D eigenvalue weighted by atomic mass is 16.3. The lowest BCUT2D eigenvalue weighted by Crippen LogP contribution is -2.00. The summed E-state index contributed by atoms with van der Waals surface area (Å²) < 4.78 is 8.93. The monoisotopic (exact) mass is 795 g/mol. The molecular weight excluding hydrogens is 763 g/mol. The molecule has 0 atom stereocenters. The van der Waals surface area contributed by atoms with Crippen molar-refractivity contribution in [2.24, 2.45) is 0 Å². The summed E-state index contributed by atoms with van der Waals surface area (Å²) >= 11 is 0. The van der Waals surface area contributed by atoms with Crippen molar-refractivity contribution >= 4 is 43.7 Å². The van der Waals surface area contributed by atoms with E-state index >= 15 is 0 Å². The number of hydrogen-bond donors (Lipinski definition) is 0. The summed E-state index contributed by atoms with van der Waals surface area (Å²) in [6, 6.07) is 67.6. The van der Waals surface area contributed by atoms with Crippen LogP contribution in [0.2, 0.25) is 0 Å². The fourth-order valence-electron chi connectivity index (χ4n) is 8.40. The first kappa shape index (κ1) is 35.3. The van der Waals surface area contributed by atoms with Crippen LogP contribution in [0.5, 0.6) is 0 Å². The van der Waals surface area contributed by atoms with Crippen LogP contribution in [0.25, 0.3) is 118 Å². The average Bonchev–Trinajstić information content (AvgIpc) is 3.90. The minimum absolute atomic E-state index is 0.542. The molecule has 0 bridgehead atoms. The molecule has 4 heterocycles. The second kappa shape index (κ2) is 14.6. The molecule has 0 saturated heterocycles. The van der Waals surface area contributed by atoms with Crippen LogP contribution in [0.3, 0.4) is 0 Å². The Morgan fingerprint density at radius 3 is 1.40 bits per heavy atom. The minimum Gasteiger partial charge on any atom is -0.456 e. The summed E-state index contributed by atoms with van der Waals surface area (Å²) in [7, 11) is 0. The number of furan rings is 1. The van der Waals surface area contributed by atoms with Crippen molar-refractivity contribution in [3.8, 4) is 74.0 Å². The lowest BCUT2D eigenvalue weighted by Gasteiger charge is -2.10. The number of aromatic nitrogens is 7. The first-order valence-corrected chi connectivity index (χ1v) is 20.5. The standard InChI is InChI=1S/C54H33N7O/c1-5-16-34(17-6-1)49-56-52(37-29-31-45-43(32-37)40-24-13-14-26-44(40)61(45)39-22-11-4-12-23-39)58-53(57-49)38-28-30-41-47(33-38)62-46-27-15-25-42(48(41)46)54-59-50(35-18-7-2-8-19-35)55-51(60-54)36-20-9-3-10-21-36/h1-33H. The van der Waals surface area contributed by atoms with Crippen LogP contribution in [0.4, 0.5) is 0 Å². The van der Waals surface area contributed by atoms with Gasteiger partial charge in [-0.1, -0.05) is 146 Å². The molecule has 0 radical (unpaired) electrons. The maximum Gasteiger partial charge on any atom is 0.164 e. The topological polar surface area (TPSA) is 95.4 Å². The highest BCUT2D eigenvalue weighted by Gasteiger charge is 2.20. The zero-order valence-electron chi connectivity index (χ0n) is 33.1. The summed E-state index contributed by atoms with van der Waals surface area (Å²) in [6.07, 6.45) is 0. The van der Waals surface area contributed by atoms with Gasteiger partial charge in [0.1, 0.15) is 11.2 Å². The Morgan fingerprint density at radius 2 is 0.790 bits per heavy atom. The molecule has 8 heteroatoms. The fourth-order valence-corrected chi connectivity index (χ4v) is 8.40. The third kappa shape index (κ3) is 6.09. The van der Waals surface area contributed by atoms with E-state index in [1.807, 2.05) is 121 Å². The summed E-state index contributed by atoms with van der Waals surface area (Å²) in [6.45, 7) is 0. The molecule has 0 saturated carbocycles. The average molecular weight is 796 g/mol. The van der Waals surface area contributed by atoms with Gasteiger partial charge in [0, 0.05) is 60.6 Å². The largest absolute Gasteiger partial charge is 0.456 e. The Labute approximate surface area is 355 Å². The Hall–Kier alpha value is -8.62. The van der Waals surface area contributed by atoms with Crippen LogP contribution in [0, 0.1) is 0 Å². The first-order valence-electron chi connectivity index (χ1n) is 20.5. The number of hydrogen-bond acceptors (Lipinski definition) is 7. The predicted molar refractivity (Wildman–Crippen MR) is 247 cm³/mol. The molecule has 0 spiro atoms. The summed E-state index contributed by atoms with van der Waals surface area (Å²) in [5.41, 5.74) is 10.0. The Bertz CT molecular complexity index is 3570. The predicted octanol–water partition coefficient (Wildman–Crippen LogP) is 13.1. The normalized spacial score (nSPS) is 11.5. The fraction of sp³-hybridized carbons (Fsp3) is 0. The Balaban J connectivity index is 1.00. The SMILES string of the molecule is c1ccc(-c2nc(-c3ccc4c(c3)oc3cccc(-c5nc(-c6ccccc6)nc(-c6ccccc6)n5)c34)nc(-c3ccc4c(c3)c3ccccc3n4-c3ccccc3)n2)cc1. The van der Waals surface area contributed by atoms with Crippen molar-refractivity contribution in [1.82, 2.24) is 34.5 Å². The summed E-state index contributed by atoms with van der Waals surface area (Å²) in [5.74, 6) is 3.47. The van der Waals surface area contributed by atoms with Crippen LogP contribution in [-0.2, 0) is 0 Å². The third-order valence-corrected chi connectivity index (χ3v) is 11.3. The molecule has 12 rings (SSSR count). The van der Waals surface area contributed by atoms with E-state index in [1.54, 1.807) is 0 Å². The smallest absolute Gasteiger partial charge is 0.164 e. The number of nitrogens with zero attached hydrogens (tertiary/aromatic N) is 7. The molecule has 0 amide bonds. The van der Waals surface area contributed by atoms with E-state index in [-0.39, 0.29) is 0 Å². The molecular formula is C54H33N7O. The van der Waals surface area contributed by atoms with Gasteiger partial charge in [-0.2, -0.15) is 0 Å². The molecule has 0 aliphatic heterocycles. The third-order valence-electron chi connectivity index (χ3n) is 11.3. The first-order chi connectivity index (χ1) is 30.7. The van der Waals surface area contributed by atoms with E-state index in [2.05, 4.69) is 83.4 Å². The molecule has 12 aromatic rings. The van der Waals surface area contributed by atoms with Crippen molar-refractivity contribution in [1.29, 1.82) is 0 Å². The van der Waals surface area contributed by atoms with Crippen molar-refractivity contribution in [3.05, 3.63) is 200 Å². The lowest BCUT2D eigenvalue weighted by molar-refractivity contribution is 0.669. The van der Waals surface area contributed by atoms with Crippen LogP contribution < -0.4 is 0 Å². The quantitative estimate of drug-likeness (QED) is 0.158. The van der Waals surface area contributed by atoms with E-state index < -0.39 is 0 Å². The van der Waals surface area contributed by atoms with Gasteiger partial charge in [-0.25, -0.2) is 29.9 Å². The van der Waals surface area contributed by atoms with Crippen molar-refractivity contribution in [3.63, 3.8) is 0 Å². The molecule has 0 unspecified atom stereocenters. The molecule has 0 aliphatic rings. The zero-order chi connectivity index (χ0) is 41.0. The van der Waals surface area contributed by atoms with Crippen LogP contribution >= 0.6 is 0 Å². The second-order valence-electron chi connectivity index (χ2n) is 15.1. The molecule has 0 fully saturated rings. The van der Waals surface area contributed by atoms with Gasteiger partial charge in [-0.15, -0.1) is 0 Å². The highest BCUT2D eigenvalue weighted by molar-refractivity contribution is 6.13. The summed E-state index contributed by atoms with van der Waals surface area (Å²) in [4.78, 5) is 30.3. The van der Waals surface area contributed by atoms with Gasteiger partial charge in [0.15, 0.2) is 34.9 Å². The van der Waals surface area contributed by atoms with Gasteiger partial charge in [-0.3, -0.25) is 0 Å². The van der Waals surface area contributed by atoms with Gasteiger partial charge in [0.2, 0.25) is 0 Å². The minimum atomic E-state index is 0.542. The molecule has 62 heavy (non-hydrogen) atoms. The van der Waals surface area contributed by atoms with E-state index in [4.69, 9.17) is 34.3 Å². The number of fused-ring (bicyclic) bond motifs is 6. The molecule has 0 aliphatic carbocycles. The van der Waals surface area contributed by atoms with Crippen molar-refractivity contribution < 1.29 is 4.42 Å². The van der Waals surface area contributed by atoms with Crippen LogP contribution in [0.15, 0.2) is 205 Å². The van der Waals surface area contributed by atoms with Crippen LogP contribution in [0.1, 0.15) is 0 Å². The maximum atomic E-state index is 6.62. The second-order valence-corrected chi connectivity index (χ2v) is 15.1. The van der Waals surface area contributed by atoms with E-state index in [1.165, 1.54) is 0 Å². The molecule has 8 nitrogen and oxygen atoms in total. The highest BCUT2D eigenvalue weighted by Crippen LogP contribution is 2.39. The summed E-state index contributed by atoms with van der Waals surface area (Å²) in [5, 5.41) is 4.13. The van der Waals surface area contributed by atoms with E-state index in [0.29, 0.717) is 40.5 Å². The Kier molecular flexibility index (Phi) is 8.31. The molecule has 0 N–H and O–H groups in total. The molecule has 4 aromatic heterocycles. The van der Waals surface area contributed by atoms with Crippen molar-refractivity contribution in [2.75, 3.05) is 0 Å². The number of benzene rings is 8. The van der Waals surface area contributed by atoms with Crippen molar-refractivity contribution in [2.45, 2.75) is 0 Å². The lowest BCUT2D eigenvalue weighted by atomic mass is 10.0. The Morgan fingerprint density at radius 1 is 0.306 bits per heavy atom. The van der Waals surface area contributed by atoms with E-state index in [9.17, 15) is 0 Å². The number of rotatable bonds is 7. The van der Waals surface area contributed by atoms with Gasteiger partial charge < -0.3 is 8.98 Å². The number of para-hydroxylation sites is 2. The maximum absolute atomic E-state index is 6.62. The van der Waals surface area contributed by atoms with Gasteiger partial charge in [0.05, 0.1) is 11.0 Å². The zero-order valence-corrected chi connectivity index (χ0v) is 33.1.